The van der Waals surface area contributed by atoms with Crippen LogP contribution in [0.1, 0.15) is 40.2 Å². The van der Waals surface area contributed by atoms with Crippen molar-refractivity contribution in [2.75, 3.05) is 20.2 Å². The van der Waals surface area contributed by atoms with Crippen molar-refractivity contribution < 1.29 is 27.6 Å². The second kappa shape index (κ2) is 13.5. The molecule has 0 spiro atoms. The number of carbonyl (C=O) groups excluding carboxylic acids is 1. The Hall–Kier alpha value is -3.22. The summed E-state index contributed by atoms with van der Waals surface area (Å²) in [6, 6.07) is 10.4. The van der Waals surface area contributed by atoms with E-state index in [1.807, 2.05) is 26.0 Å². The third-order valence-electron chi connectivity index (χ3n) is 5.38. The fraction of sp³-hybridized carbons (Fsp3) is 0.500. The molecule has 0 heterocycles. The number of ether oxygens (including phenoxy) is 2. The summed E-state index contributed by atoms with van der Waals surface area (Å²) in [5, 5.41) is 17.1. The molecule has 12 heteroatoms. The first-order valence-corrected chi connectivity index (χ1v) is 13.8. The normalized spacial score (nSPS) is 13.6. The predicted octanol–water partition coefficient (Wildman–Crippen LogP) is 3.63. The largest absolute Gasteiger partial charge is 0.497 e. The second-order valence-corrected chi connectivity index (χ2v) is 12.0. The quantitative estimate of drug-likeness (QED) is 0.253. The number of methoxy groups -OCH3 is 1. The minimum atomic E-state index is -4.10. The first-order chi connectivity index (χ1) is 17.7. The van der Waals surface area contributed by atoms with Crippen molar-refractivity contribution in [1.29, 1.82) is 0 Å². The van der Waals surface area contributed by atoms with Gasteiger partial charge in [-0.1, -0.05) is 26.0 Å². The SMILES string of the molecule is COc1ccc(C[C@H](NC(=O)OC(C)(C)C)[C@@H](CNCC(C)C)NS(=O)(=O)c2ccc([N+](=O)[O-])cc2)cc1. The smallest absolute Gasteiger partial charge is 0.407 e. The summed E-state index contributed by atoms with van der Waals surface area (Å²) in [5.74, 6) is 0.972. The summed E-state index contributed by atoms with van der Waals surface area (Å²) < 4.78 is 40.0. The van der Waals surface area contributed by atoms with Crippen LogP contribution in [0, 0.1) is 16.0 Å². The van der Waals surface area contributed by atoms with Crippen LogP contribution in [0.2, 0.25) is 0 Å². The Bertz CT molecular complexity index is 1160. The van der Waals surface area contributed by atoms with Crippen LogP contribution >= 0.6 is 0 Å². The summed E-state index contributed by atoms with van der Waals surface area (Å²) in [5.41, 5.74) is -0.128. The highest BCUT2D eigenvalue weighted by Gasteiger charge is 2.30. The number of nitro benzene ring substituents is 1. The molecule has 2 aromatic rings. The monoisotopic (exact) mass is 550 g/mol. The molecule has 0 fully saturated rings. The summed E-state index contributed by atoms with van der Waals surface area (Å²) in [6.45, 7) is 10.1. The number of benzene rings is 2. The Morgan fingerprint density at radius 3 is 2.11 bits per heavy atom. The van der Waals surface area contributed by atoms with E-state index in [1.54, 1.807) is 40.0 Å². The molecule has 0 radical (unpaired) electrons. The van der Waals surface area contributed by atoms with E-state index in [9.17, 15) is 23.3 Å². The lowest BCUT2D eigenvalue weighted by Crippen LogP contribution is -2.57. The van der Waals surface area contributed by atoms with Crippen LogP contribution in [0.3, 0.4) is 0 Å². The Morgan fingerprint density at radius 1 is 1.00 bits per heavy atom. The molecular weight excluding hydrogens is 512 g/mol. The van der Waals surface area contributed by atoms with Crippen LogP contribution in [0.4, 0.5) is 10.5 Å². The van der Waals surface area contributed by atoms with Crippen LogP contribution in [0.25, 0.3) is 0 Å². The number of non-ortho nitro benzene ring substituents is 1. The van der Waals surface area contributed by atoms with Crippen LogP contribution in [0.5, 0.6) is 5.75 Å². The fourth-order valence-corrected chi connectivity index (χ4v) is 4.85. The van der Waals surface area contributed by atoms with Gasteiger partial charge in [0.25, 0.3) is 5.69 Å². The third kappa shape index (κ3) is 10.3. The van der Waals surface area contributed by atoms with Crippen LogP contribution < -0.4 is 20.1 Å². The van der Waals surface area contributed by atoms with E-state index in [1.165, 1.54) is 12.1 Å². The minimum Gasteiger partial charge on any atom is -0.497 e. The molecular formula is C26H38N4O7S. The molecule has 1 amide bonds. The van der Waals surface area contributed by atoms with Crippen molar-refractivity contribution in [2.45, 2.75) is 63.6 Å². The Balaban J connectivity index is 2.40. The van der Waals surface area contributed by atoms with Crippen LogP contribution in [-0.2, 0) is 21.2 Å². The van der Waals surface area contributed by atoms with Gasteiger partial charge >= 0.3 is 6.09 Å². The van der Waals surface area contributed by atoms with Gasteiger partial charge in [0.15, 0.2) is 0 Å². The van der Waals surface area contributed by atoms with Gasteiger partial charge in [0, 0.05) is 18.7 Å². The number of carbonyl (C=O) groups is 1. The highest BCUT2D eigenvalue weighted by Crippen LogP contribution is 2.18. The first kappa shape index (κ1) is 31.0. The molecule has 38 heavy (non-hydrogen) atoms. The number of alkyl carbamates (subject to hydrolysis) is 1. The highest BCUT2D eigenvalue weighted by atomic mass is 32.2. The van der Waals surface area contributed by atoms with Crippen molar-refractivity contribution in [1.82, 2.24) is 15.4 Å². The van der Waals surface area contributed by atoms with E-state index in [0.29, 0.717) is 24.6 Å². The van der Waals surface area contributed by atoms with Gasteiger partial charge in [-0.25, -0.2) is 17.9 Å². The first-order valence-electron chi connectivity index (χ1n) is 12.3. The maximum absolute atomic E-state index is 13.3. The fourth-order valence-electron chi connectivity index (χ4n) is 3.58. The zero-order chi connectivity index (χ0) is 28.5. The number of hydrogen-bond acceptors (Lipinski definition) is 8. The van der Waals surface area contributed by atoms with E-state index < -0.39 is 38.7 Å². The average Bonchev–Trinajstić information content (AvgIpc) is 2.82. The predicted molar refractivity (Wildman–Crippen MR) is 145 cm³/mol. The lowest BCUT2D eigenvalue weighted by Gasteiger charge is -2.30. The number of sulfonamides is 1. The molecule has 2 atom stereocenters. The van der Waals surface area contributed by atoms with Crippen molar-refractivity contribution in [3.05, 3.63) is 64.2 Å². The maximum atomic E-state index is 13.3. The number of rotatable bonds is 13. The van der Waals surface area contributed by atoms with E-state index in [4.69, 9.17) is 9.47 Å². The zero-order valence-electron chi connectivity index (χ0n) is 22.7. The van der Waals surface area contributed by atoms with Gasteiger partial charge < -0.3 is 20.1 Å². The topological polar surface area (TPSA) is 149 Å². The average molecular weight is 551 g/mol. The maximum Gasteiger partial charge on any atom is 0.407 e. The van der Waals surface area contributed by atoms with E-state index in [2.05, 4.69) is 15.4 Å². The van der Waals surface area contributed by atoms with Crippen molar-refractivity contribution in [2.24, 2.45) is 5.92 Å². The van der Waals surface area contributed by atoms with Gasteiger partial charge in [-0.05, 0) is 69.5 Å². The van der Waals surface area contributed by atoms with Gasteiger partial charge in [0.05, 0.1) is 29.0 Å². The lowest BCUT2D eigenvalue weighted by atomic mass is 9.99. The van der Waals surface area contributed by atoms with Crippen molar-refractivity contribution in [3.63, 3.8) is 0 Å². The van der Waals surface area contributed by atoms with Crippen LogP contribution in [-0.4, -0.2) is 57.3 Å². The third-order valence-corrected chi connectivity index (χ3v) is 6.89. The molecule has 0 saturated carbocycles. The number of hydrogen-bond donors (Lipinski definition) is 3. The Morgan fingerprint density at radius 2 is 1.61 bits per heavy atom. The van der Waals surface area contributed by atoms with Gasteiger partial charge in [0.2, 0.25) is 10.0 Å². The number of nitrogens with one attached hydrogen (secondary N) is 3. The molecule has 0 aliphatic heterocycles. The molecule has 3 N–H and O–H groups in total. The summed E-state index contributed by atoms with van der Waals surface area (Å²) >= 11 is 0. The number of nitro groups is 1. The van der Waals surface area contributed by atoms with E-state index >= 15 is 0 Å². The molecule has 2 aromatic carbocycles. The Kier molecular flexibility index (Phi) is 11.0. The molecule has 0 aliphatic carbocycles. The van der Waals surface area contributed by atoms with Gasteiger partial charge in [-0.3, -0.25) is 10.1 Å². The molecule has 0 unspecified atom stereocenters. The molecule has 2 rings (SSSR count). The van der Waals surface area contributed by atoms with Gasteiger partial charge in [-0.2, -0.15) is 0 Å². The zero-order valence-corrected chi connectivity index (χ0v) is 23.5. The molecule has 0 aliphatic rings. The van der Waals surface area contributed by atoms with Gasteiger partial charge in [-0.15, -0.1) is 0 Å². The summed E-state index contributed by atoms with van der Waals surface area (Å²) in [4.78, 5) is 23.0. The molecule has 0 bridgehead atoms. The number of amides is 1. The molecule has 0 saturated heterocycles. The molecule has 0 aromatic heterocycles. The summed E-state index contributed by atoms with van der Waals surface area (Å²) in [7, 11) is -2.54. The van der Waals surface area contributed by atoms with Gasteiger partial charge in [0.1, 0.15) is 11.4 Å². The molecule has 210 valence electrons. The van der Waals surface area contributed by atoms with Crippen molar-refractivity contribution >= 4 is 21.8 Å². The lowest BCUT2D eigenvalue weighted by molar-refractivity contribution is -0.384. The number of nitrogens with zero attached hydrogens (tertiary/aromatic N) is 1. The Labute approximate surface area is 224 Å². The van der Waals surface area contributed by atoms with E-state index in [0.717, 1.165) is 17.7 Å². The highest BCUT2D eigenvalue weighted by molar-refractivity contribution is 7.89. The second-order valence-electron chi connectivity index (χ2n) is 10.3. The standard InChI is InChI=1S/C26H38N4O7S/c1-18(2)16-27-17-24(29-38(34,35)22-13-9-20(10-14-22)30(32)33)23(28-25(31)37-26(3,4)5)15-19-7-11-21(36-6)12-8-19/h7-14,18,23-24,27,29H,15-17H2,1-6H3,(H,28,31)/t23-,24+/m0/s1. The molecule has 11 nitrogen and oxygen atoms in total. The minimum absolute atomic E-state index is 0.127. The van der Waals surface area contributed by atoms with E-state index in [-0.39, 0.29) is 17.1 Å². The van der Waals surface area contributed by atoms with Crippen LogP contribution in [0.15, 0.2) is 53.4 Å². The van der Waals surface area contributed by atoms with Crippen molar-refractivity contribution in [3.8, 4) is 5.75 Å². The summed E-state index contributed by atoms with van der Waals surface area (Å²) in [6.07, 6.45) is -0.389.